The fourth-order valence-corrected chi connectivity index (χ4v) is 4.06. The summed E-state index contributed by atoms with van der Waals surface area (Å²) in [7, 11) is -4.26. The predicted octanol–water partition coefficient (Wildman–Crippen LogP) is 5.48. The van der Waals surface area contributed by atoms with E-state index in [0.29, 0.717) is 11.0 Å². The molecule has 0 atom stereocenters. The second kappa shape index (κ2) is 8.85. The maximum atomic E-state index is 12.9. The van der Waals surface area contributed by atoms with Crippen molar-refractivity contribution in [3.8, 4) is 0 Å². The van der Waals surface area contributed by atoms with Crippen molar-refractivity contribution in [1.82, 2.24) is 0 Å². The molecule has 29 heavy (non-hydrogen) atoms. The number of carbonyl (C=O) groups excluding carboxylic acids is 1. The average Bonchev–Trinajstić information content (AvgIpc) is 2.62. The van der Waals surface area contributed by atoms with E-state index in [2.05, 4.69) is 10.0 Å². The van der Waals surface area contributed by atoms with Crippen molar-refractivity contribution >= 4 is 50.7 Å². The van der Waals surface area contributed by atoms with Gasteiger partial charge in [-0.3, -0.25) is 9.52 Å². The number of halogens is 4. The third kappa shape index (κ3) is 5.80. The largest absolute Gasteiger partial charge is 0.416 e. The molecule has 5 nitrogen and oxygen atoms in total. The molecule has 0 saturated heterocycles. The van der Waals surface area contributed by atoms with Crippen LogP contribution in [0.4, 0.5) is 24.5 Å². The number of nitrogens with one attached hydrogen (secondary N) is 2. The molecule has 0 aliphatic rings. The fourth-order valence-electron chi connectivity index (χ4n) is 2.21. The summed E-state index contributed by atoms with van der Waals surface area (Å²) >= 11 is 7.17. The summed E-state index contributed by atoms with van der Waals surface area (Å²) in [5.74, 6) is -0.629. The van der Waals surface area contributed by atoms with Crippen molar-refractivity contribution in [2.24, 2.45) is 5.92 Å². The van der Waals surface area contributed by atoms with E-state index in [9.17, 15) is 26.4 Å². The van der Waals surface area contributed by atoms with Crippen molar-refractivity contribution in [2.45, 2.75) is 29.8 Å². The number of sulfonamides is 1. The lowest BCUT2D eigenvalue weighted by molar-refractivity contribution is -0.137. The SMILES string of the molecule is CSc1ccc(S(=O)(=O)Nc2cc(C(F)(F)F)ccc2Cl)cc1NC(=O)C(C)C. The van der Waals surface area contributed by atoms with Crippen molar-refractivity contribution < 1.29 is 26.4 Å². The first-order chi connectivity index (χ1) is 13.3. The summed E-state index contributed by atoms with van der Waals surface area (Å²) in [4.78, 5) is 12.4. The van der Waals surface area contributed by atoms with Gasteiger partial charge >= 0.3 is 6.18 Å². The van der Waals surface area contributed by atoms with Crippen molar-refractivity contribution in [3.05, 3.63) is 47.0 Å². The van der Waals surface area contributed by atoms with Crippen LogP contribution in [0.15, 0.2) is 46.2 Å². The highest BCUT2D eigenvalue weighted by atomic mass is 35.5. The highest BCUT2D eigenvalue weighted by Crippen LogP contribution is 2.35. The number of amides is 1. The maximum absolute atomic E-state index is 12.9. The molecular weight excluding hydrogens is 449 g/mol. The number of benzene rings is 2. The Morgan fingerprint density at radius 1 is 1.10 bits per heavy atom. The quantitative estimate of drug-likeness (QED) is 0.553. The van der Waals surface area contributed by atoms with Gasteiger partial charge in [-0.25, -0.2) is 8.42 Å². The van der Waals surface area contributed by atoms with Crippen LogP contribution in [0, 0.1) is 5.92 Å². The monoisotopic (exact) mass is 466 g/mol. The molecule has 0 radical (unpaired) electrons. The molecule has 2 N–H and O–H groups in total. The lowest BCUT2D eigenvalue weighted by Gasteiger charge is -2.15. The second-order valence-corrected chi connectivity index (χ2v) is 9.24. The highest BCUT2D eigenvalue weighted by Gasteiger charge is 2.31. The van der Waals surface area contributed by atoms with Crippen molar-refractivity contribution in [2.75, 3.05) is 16.3 Å². The molecular formula is C18H18ClF3N2O3S2. The molecule has 0 aromatic heterocycles. The molecule has 0 saturated carbocycles. The molecule has 0 aliphatic carbocycles. The fraction of sp³-hybridized carbons (Fsp3) is 0.278. The van der Waals surface area contributed by atoms with Crippen LogP contribution in [-0.2, 0) is 21.0 Å². The predicted molar refractivity (Wildman–Crippen MR) is 109 cm³/mol. The van der Waals surface area contributed by atoms with Crippen LogP contribution in [-0.4, -0.2) is 20.6 Å². The Morgan fingerprint density at radius 3 is 2.31 bits per heavy atom. The lowest BCUT2D eigenvalue weighted by Crippen LogP contribution is -2.19. The van der Waals surface area contributed by atoms with Gasteiger partial charge in [0, 0.05) is 10.8 Å². The molecule has 0 unspecified atom stereocenters. The van der Waals surface area contributed by atoms with Gasteiger partial charge in [0.05, 0.1) is 26.9 Å². The zero-order valence-corrected chi connectivity index (χ0v) is 18.0. The molecule has 0 spiro atoms. The van der Waals surface area contributed by atoms with Crippen molar-refractivity contribution in [3.63, 3.8) is 0 Å². The first kappa shape index (κ1) is 23.4. The number of rotatable bonds is 6. The van der Waals surface area contributed by atoms with Crippen molar-refractivity contribution in [1.29, 1.82) is 0 Å². The van der Waals surface area contributed by atoms with Crippen LogP contribution >= 0.6 is 23.4 Å². The van der Waals surface area contributed by atoms with Gasteiger partial charge in [0.2, 0.25) is 5.91 Å². The van der Waals surface area contributed by atoms with Crippen LogP contribution in [0.2, 0.25) is 5.02 Å². The zero-order chi connectivity index (χ0) is 22.0. The Balaban J connectivity index is 2.43. The van der Waals surface area contributed by atoms with Gasteiger partial charge in [-0.2, -0.15) is 13.2 Å². The summed E-state index contributed by atoms with van der Waals surface area (Å²) in [6.07, 6.45) is -2.89. The second-order valence-electron chi connectivity index (χ2n) is 6.30. The Bertz CT molecular complexity index is 1030. The molecule has 0 heterocycles. The number of hydrogen-bond donors (Lipinski definition) is 2. The Kier molecular flexibility index (Phi) is 7.13. The average molecular weight is 467 g/mol. The number of hydrogen-bond acceptors (Lipinski definition) is 4. The van der Waals surface area contributed by atoms with Crippen LogP contribution in [0.5, 0.6) is 0 Å². The minimum atomic E-state index is -4.65. The van der Waals surface area contributed by atoms with E-state index < -0.39 is 27.5 Å². The van der Waals surface area contributed by atoms with Crippen LogP contribution in [0.25, 0.3) is 0 Å². The Hall–Kier alpha value is -1.91. The first-order valence-corrected chi connectivity index (χ1v) is 11.3. The number of anilines is 2. The summed E-state index contributed by atoms with van der Waals surface area (Å²) in [5.41, 5.74) is -1.15. The molecule has 1 amide bonds. The summed E-state index contributed by atoms with van der Waals surface area (Å²) in [6, 6.07) is 6.39. The molecule has 158 valence electrons. The van der Waals surface area contributed by atoms with Gasteiger partial charge in [0.15, 0.2) is 0 Å². The van der Waals surface area contributed by atoms with Crippen LogP contribution in [0.3, 0.4) is 0 Å². The Labute approximate surface area is 176 Å². The van der Waals surface area contributed by atoms with E-state index in [1.165, 1.54) is 30.0 Å². The minimum Gasteiger partial charge on any atom is -0.325 e. The molecule has 2 rings (SSSR count). The van der Waals surface area contributed by atoms with Gasteiger partial charge in [0.1, 0.15) is 0 Å². The first-order valence-electron chi connectivity index (χ1n) is 8.23. The highest BCUT2D eigenvalue weighted by molar-refractivity contribution is 7.98. The Morgan fingerprint density at radius 2 is 1.76 bits per heavy atom. The molecule has 11 heteroatoms. The summed E-state index contributed by atoms with van der Waals surface area (Å²) in [5, 5.41) is 2.47. The maximum Gasteiger partial charge on any atom is 0.416 e. The van der Waals surface area contributed by atoms with E-state index >= 15 is 0 Å². The summed E-state index contributed by atoms with van der Waals surface area (Å²) in [6.45, 7) is 3.37. The molecule has 2 aromatic rings. The molecule has 0 bridgehead atoms. The van der Waals surface area contributed by atoms with Crippen LogP contribution < -0.4 is 10.0 Å². The number of alkyl halides is 3. The van der Waals surface area contributed by atoms with Crippen LogP contribution in [0.1, 0.15) is 19.4 Å². The van der Waals surface area contributed by atoms with E-state index in [4.69, 9.17) is 11.6 Å². The standard InChI is InChI=1S/C18H18ClF3N2O3S2/c1-10(2)17(25)23-15-9-12(5-7-16(15)28-3)29(26,27)24-14-8-11(18(20,21)22)4-6-13(14)19/h4-10,24H,1-3H3,(H,23,25). The zero-order valence-electron chi connectivity index (χ0n) is 15.6. The minimum absolute atomic E-state index is 0.185. The third-order valence-electron chi connectivity index (χ3n) is 3.80. The summed E-state index contributed by atoms with van der Waals surface area (Å²) < 4.78 is 66.3. The van der Waals surface area contributed by atoms with E-state index in [-0.39, 0.29) is 27.4 Å². The van der Waals surface area contributed by atoms with E-state index in [1.807, 2.05) is 0 Å². The van der Waals surface area contributed by atoms with Gasteiger partial charge in [-0.15, -0.1) is 11.8 Å². The lowest BCUT2D eigenvalue weighted by atomic mass is 10.2. The number of carbonyl (C=O) groups is 1. The molecule has 2 aromatic carbocycles. The van der Waals surface area contributed by atoms with E-state index in [0.717, 1.165) is 12.1 Å². The third-order valence-corrected chi connectivity index (χ3v) is 6.29. The smallest absolute Gasteiger partial charge is 0.325 e. The topological polar surface area (TPSA) is 75.3 Å². The molecule has 0 aliphatic heterocycles. The molecule has 0 fully saturated rings. The number of thioether (sulfide) groups is 1. The van der Waals surface area contributed by atoms with Gasteiger partial charge in [-0.05, 0) is 42.7 Å². The normalized spacial score (nSPS) is 12.1. The van der Waals surface area contributed by atoms with E-state index in [1.54, 1.807) is 20.1 Å². The van der Waals surface area contributed by atoms with Gasteiger partial charge in [0.25, 0.3) is 10.0 Å². The van der Waals surface area contributed by atoms with Gasteiger partial charge < -0.3 is 5.32 Å². The van der Waals surface area contributed by atoms with Gasteiger partial charge in [-0.1, -0.05) is 25.4 Å².